The van der Waals surface area contributed by atoms with Gasteiger partial charge in [0.1, 0.15) is 16.2 Å². The fourth-order valence-corrected chi connectivity index (χ4v) is 4.90. The number of nitrogens with two attached hydrogens (primary N) is 1. The summed E-state index contributed by atoms with van der Waals surface area (Å²) in [5, 5.41) is 0. The first kappa shape index (κ1) is 15.1. The number of hydrogen-bond acceptors (Lipinski definition) is 5. The van der Waals surface area contributed by atoms with Crippen LogP contribution in [0.1, 0.15) is 68.1 Å². The van der Waals surface area contributed by atoms with Crippen LogP contribution in [0.15, 0.2) is 4.79 Å². The maximum Gasteiger partial charge on any atom is 0.211 e. The van der Waals surface area contributed by atoms with Crippen molar-refractivity contribution >= 4 is 21.7 Å². The first-order chi connectivity index (χ1) is 11.0. The van der Waals surface area contributed by atoms with Crippen LogP contribution in [0.2, 0.25) is 0 Å². The van der Waals surface area contributed by atoms with Crippen molar-refractivity contribution in [3.05, 3.63) is 26.5 Å². The van der Waals surface area contributed by atoms with Gasteiger partial charge in [-0.2, -0.15) is 0 Å². The molecular formula is C17H23N3O2S. The average Bonchev–Trinajstić information content (AvgIpc) is 2.86. The quantitative estimate of drug-likeness (QED) is 0.814. The van der Waals surface area contributed by atoms with E-state index in [1.807, 2.05) is 13.8 Å². The molecule has 6 heteroatoms. The lowest BCUT2D eigenvalue weighted by Crippen LogP contribution is -2.35. The fourth-order valence-electron chi connectivity index (χ4n) is 3.84. The highest BCUT2D eigenvalue weighted by atomic mass is 32.1. The van der Waals surface area contributed by atoms with Gasteiger partial charge in [-0.1, -0.05) is 19.3 Å². The summed E-state index contributed by atoms with van der Waals surface area (Å²) in [6, 6.07) is 0. The number of ether oxygens (including phenoxy) is 1. The van der Waals surface area contributed by atoms with E-state index in [2.05, 4.69) is 0 Å². The van der Waals surface area contributed by atoms with Crippen molar-refractivity contribution in [2.45, 2.75) is 70.5 Å². The average molecular weight is 333 g/mol. The van der Waals surface area contributed by atoms with E-state index in [9.17, 15) is 4.79 Å². The van der Waals surface area contributed by atoms with Crippen LogP contribution in [0.4, 0.5) is 0 Å². The molecule has 0 amide bonds. The molecule has 2 aromatic heterocycles. The van der Waals surface area contributed by atoms with E-state index >= 15 is 0 Å². The second-order valence-electron chi connectivity index (χ2n) is 7.39. The van der Waals surface area contributed by atoms with Crippen molar-refractivity contribution < 1.29 is 4.74 Å². The first-order valence-electron chi connectivity index (χ1n) is 8.42. The van der Waals surface area contributed by atoms with Crippen LogP contribution in [0.3, 0.4) is 0 Å². The van der Waals surface area contributed by atoms with Crippen LogP contribution >= 0.6 is 11.3 Å². The molecule has 1 aliphatic carbocycles. The zero-order valence-corrected chi connectivity index (χ0v) is 14.5. The third-order valence-corrected chi connectivity index (χ3v) is 6.21. The van der Waals surface area contributed by atoms with E-state index in [1.165, 1.54) is 19.3 Å². The van der Waals surface area contributed by atoms with Gasteiger partial charge in [0.2, 0.25) is 5.43 Å². The van der Waals surface area contributed by atoms with E-state index in [0.29, 0.717) is 24.5 Å². The summed E-state index contributed by atoms with van der Waals surface area (Å²) in [6.07, 6.45) is 6.61. The van der Waals surface area contributed by atoms with Gasteiger partial charge in [0.25, 0.3) is 0 Å². The molecule has 0 bridgehead atoms. The second kappa shape index (κ2) is 5.31. The Labute approximate surface area is 139 Å². The zero-order valence-electron chi connectivity index (χ0n) is 13.7. The highest BCUT2D eigenvalue weighted by molar-refractivity contribution is 7.18. The van der Waals surface area contributed by atoms with Crippen molar-refractivity contribution in [2.24, 2.45) is 0 Å². The highest BCUT2D eigenvalue weighted by Crippen LogP contribution is 2.35. The molecule has 4 rings (SSSR count). The standard InChI is InChI=1S/C17H23N3O2S/c1-17(2)8-11-12(9-22-17)23-16-13(14(11)21)20(18)15(19-16)10-6-4-3-5-7-10/h10H,3-9,18H2,1-2H3. The molecule has 0 saturated heterocycles. The van der Waals surface area contributed by atoms with Crippen LogP contribution < -0.4 is 11.3 Å². The lowest BCUT2D eigenvalue weighted by molar-refractivity contribution is -0.0386. The Morgan fingerprint density at radius 1 is 1.30 bits per heavy atom. The normalized spacial score (nSPS) is 21.5. The molecule has 23 heavy (non-hydrogen) atoms. The van der Waals surface area contributed by atoms with Crippen LogP contribution in [-0.2, 0) is 17.8 Å². The van der Waals surface area contributed by atoms with Crippen molar-refractivity contribution in [1.29, 1.82) is 0 Å². The van der Waals surface area contributed by atoms with Crippen LogP contribution in [0.25, 0.3) is 10.3 Å². The molecule has 0 aromatic carbocycles. The minimum Gasteiger partial charge on any atom is -0.370 e. The summed E-state index contributed by atoms with van der Waals surface area (Å²) in [5.74, 6) is 7.57. The molecule has 2 N–H and O–H groups in total. The number of nitrogen functional groups attached to an aromatic ring is 1. The third-order valence-electron chi connectivity index (χ3n) is 5.12. The summed E-state index contributed by atoms with van der Waals surface area (Å²) >= 11 is 1.57. The molecule has 0 unspecified atom stereocenters. The molecule has 5 nitrogen and oxygen atoms in total. The molecule has 1 aliphatic heterocycles. The van der Waals surface area contributed by atoms with Crippen LogP contribution in [0, 0.1) is 0 Å². The number of nitrogens with zero attached hydrogens (tertiary/aromatic N) is 2. The second-order valence-corrected chi connectivity index (χ2v) is 8.47. The van der Waals surface area contributed by atoms with Gasteiger partial charge in [-0.25, -0.2) is 9.66 Å². The smallest absolute Gasteiger partial charge is 0.211 e. The van der Waals surface area contributed by atoms with Gasteiger partial charge in [-0.15, -0.1) is 11.3 Å². The highest BCUT2D eigenvalue weighted by Gasteiger charge is 2.31. The van der Waals surface area contributed by atoms with Crippen LogP contribution in [0.5, 0.6) is 0 Å². The van der Waals surface area contributed by atoms with Crippen molar-refractivity contribution in [1.82, 2.24) is 9.66 Å². The minimum absolute atomic E-state index is 0.0437. The largest absolute Gasteiger partial charge is 0.370 e. The summed E-state index contributed by atoms with van der Waals surface area (Å²) in [4.78, 5) is 19.5. The monoisotopic (exact) mass is 333 g/mol. The van der Waals surface area contributed by atoms with Gasteiger partial charge in [0.15, 0.2) is 0 Å². The Bertz CT molecular complexity index is 815. The third kappa shape index (κ3) is 2.48. The molecule has 2 aromatic rings. The van der Waals surface area contributed by atoms with Gasteiger partial charge < -0.3 is 10.6 Å². The lowest BCUT2D eigenvalue weighted by Gasteiger charge is -2.30. The SMILES string of the molecule is CC1(C)Cc2c(sc3nc(C4CCCCC4)n(N)c3c2=O)CO1. The molecule has 1 fully saturated rings. The molecule has 124 valence electrons. The first-order valence-corrected chi connectivity index (χ1v) is 9.24. The number of hydrogen-bond donors (Lipinski definition) is 1. The predicted molar refractivity (Wildman–Crippen MR) is 92.4 cm³/mol. The van der Waals surface area contributed by atoms with E-state index in [-0.39, 0.29) is 11.0 Å². The number of fused-ring (bicyclic) bond motifs is 2. The molecule has 0 atom stereocenters. The van der Waals surface area contributed by atoms with Crippen molar-refractivity contribution in [3.8, 4) is 0 Å². The summed E-state index contributed by atoms with van der Waals surface area (Å²) in [7, 11) is 0. The molecule has 3 heterocycles. The molecule has 2 aliphatic rings. The van der Waals surface area contributed by atoms with Gasteiger partial charge in [-0.05, 0) is 26.7 Å². The summed E-state index contributed by atoms with van der Waals surface area (Å²) in [6.45, 7) is 4.54. The predicted octanol–water partition coefficient (Wildman–Crippen LogP) is 3.07. The maximum absolute atomic E-state index is 13.0. The van der Waals surface area contributed by atoms with E-state index in [1.54, 1.807) is 16.0 Å². The van der Waals surface area contributed by atoms with Gasteiger partial charge in [-0.3, -0.25) is 4.79 Å². The fraction of sp³-hybridized carbons (Fsp3) is 0.647. The van der Waals surface area contributed by atoms with E-state index in [0.717, 1.165) is 33.9 Å². The van der Waals surface area contributed by atoms with Crippen LogP contribution in [-0.4, -0.2) is 15.3 Å². The van der Waals surface area contributed by atoms with E-state index in [4.69, 9.17) is 15.6 Å². The van der Waals surface area contributed by atoms with Crippen molar-refractivity contribution in [2.75, 3.05) is 5.84 Å². The maximum atomic E-state index is 13.0. The van der Waals surface area contributed by atoms with E-state index < -0.39 is 0 Å². The van der Waals surface area contributed by atoms with Gasteiger partial charge in [0, 0.05) is 22.8 Å². The van der Waals surface area contributed by atoms with Crippen molar-refractivity contribution in [3.63, 3.8) is 0 Å². The van der Waals surface area contributed by atoms with Gasteiger partial charge in [0.05, 0.1) is 12.2 Å². The summed E-state index contributed by atoms with van der Waals surface area (Å²) < 4.78 is 7.43. The molecule has 0 radical (unpaired) electrons. The Hall–Kier alpha value is -1.40. The Kier molecular flexibility index (Phi) is 3.50. The molecule has 1 saturated carbocycles. The lowest BCUT2D eigenvalue weighted by atomic mass is 9.89. The zero-order chi connectivity index (χ0) is 16.2. The van der Waals surface area contributed by atoms with Gasteiger partial charge >= 0.3 is 0 Å². The number of imidazole rings is 1. The Balaban J connectivity index is 1.87. The molecular weight excluding hydrogens is 310 g/mol. The summed E-state index contributed by atoms with van der Waals surface area (Å²) in [5.41, 5.74) is 1.19. The topological polar surface area (TPSA) is 70.1 Å². The number of rotatable bonds is 1. The molecule has 0 spiro atoms. The Morgan fingerprint density at radius 2 is 2.04 bits per heavy atom. The number of aromatic nitrogens is 2. The Morgan fingerprint density at radius 3 is 2.78 bits per heavy atom. The minimum atomic E-state index is -0.293.